The van der Waals surface area contributed by atoms with Crippen molar-refractivity contribution in [1.29, 1.82) is 0 Å². The minimum Gasteiger partial charge on any atom is -0.496 e. The highest BCUT2D eigenvalue weighted by Crippen LogP contribution is 2.49. The Bertz CT molecular complexity index is 1190. The van der Waals surface area contributed by atoms with Crippen LogP contribution in [0, 0.1) is 5.82 Å². The number of H-pyrrole nitrogens is 1. The van der Waals surface area contributed by atoms with Gasteiger partial charge in [0, 0.05) is 28.3 Å². The predicted octanol–water partition coefficient (Wildman–Crippen LogP) is 5.18. The zero-order chi connectivity index (χ0) is 24.8. The number of benzene rings is 2. The van der Waals surface area contributed by atoms with Gasteiger partial charge >= 0.3 is 6.18 Å². The highest BCUT2D eigenvalue weighted by molar-refractivity contribution is 5.97. The van der Waals surface area contributed by atoms with Gasteiger partial charge < -0.3 is 20.6 Å². The van der Waals surface area contributed by atoms with Gasteiger partial charge in [0.1, 0.15) is 11.6 Å². The monoisotopic (exact) mass is 466 g/mol. The summed E-state index contributed by atoms with van der Waals surface area (Å²) in [4.78, 5) is 14.3. The number of hydrogen-bond donors (Lipinski definition) is 3. The van der Waals surface area contributed by atoms with Crippen LogP contribution in [0.15, 0.2) is 42.5 Å². The number of aliphatic hydroxyl groups is 1. The third-order valence-corrected chi connectivity index (χ3v) is 6.20. The fourth-order valence-electron chi connectivity index (χ4n) is 4.27. The average molecular weight is 466 g/mol. The van der Waals surface area contributed by atoms with Gasteiger partial charge in [-0.2, -0.15) is 13.2 Å². The zero-order valence-corrected chi connectivity index (χ0v) is 18.7. The summed E-state index contributed by atoms with van der Waals surface area (Å²) in [5.74, 6) is -2.48. The fraction of sp³-hybridized carbons (Fsp3) is 0.375. The predicted molar refractivity (Wildman–Crippen MR) is 117 cm³/mol. The Kier molecular flexibility index (Phi) is 6.23. The van der Waals surface area contributed by atoms with Crippen molar-refractivity contribution in [2.24, 2.45) is 5.73 Å². The first-order valence-corrected chi connectivity index (χ1v) is 10.2. The number of carbonyl (C=O) groups is 1. The summed E-state index contributed by atoms with van der Waals surface area (Å²) in [7, 11) is 1.34. The maximum Gasteiger partial charge on any atom is 0.417 e. The van der Waals surface area contributed by atoms with Gasteiger partial charge in [0.15, 0.2) is 5.60 Å². The molecular formula is C24H26F4N2O3. The van der Waals surface area contributed by atoms with Crippen LogP contribution in [0.25, 0.3) is 10.9 Å². The van der Waals surface area contributed by atoms with E-state index >= 15 is 0 Å². The Labute approximate surface area is 188 Å². The van der Waals surface area contributed by atoms with Crippen molar-refractivity contribution < 1.29 is 32.2 Å². The van der Waals surface area contributed by atoms with Crippen LogP contribution in [0.2, 0.25) is 0 Å². The topological polar surface area (TPSA) is 88.3 Å². The van der Waals surface area contributed by atoms with Crippen LogP contribution in [0.3, 0.4) is 0 Å². The summed E-state index contributed by atoms with van der Waals surface area (Å²) < 4.78 is 62.2. The Morgan fingerprint density at radius 1 is 1.15 bits per heavy atom. The quantitative estimate of drug-likeness (QED) is 0.419. The SMILES string of the molecule is COc1ccc(F)cc1C(C)(C)CC(O)(C(C)c1cc2ccc(C(N)=O)cc2[nH]1)C(F)(F)F. The molecule has 0 saturated heterocycles. The minimum atomic E-state index is -5.00. The second-order valence-electron chi connectivity index (χ2n) is 8.94. The number of primary amides is 1. The van der Waals surface area contributed by atoms with Crippen molar-refractivity contribution in [2.75, 3.05) is 7.11 Å². The van der Waals surface area contributed by atoms with E-state index < -0.39 is 41.3 Å². The van der Waals surface area contributed by atoms with Crippen molar-refractivity contribution in [3.63, 3.8) is 0 Å². The highest BCUT2D eigenvalue weighted by atomic mass is 19.4. The number of methoxy groups -OCH3 is 1. The molecule has 0 aliphatic heterocycles. The van der Waals surface area contributed by atoms with Crippen LogP contribution >= 0.6 is 0 Å². The molecule has 0 fully saturated rings. The first-order valence-electron chi connectivity index (χ1n) is 10.2. The minimum absolute atomic E-state index is 0.133. The van der Waals surface area contributed by atoms with Gasteiger partial charge in [-0.3, -0.25) is 4.79 Å². The largest absolute Gasteiger partial charge is 0.496 e. The summed E-state index contributed by atoms with van der Waals surface area (Å²) >= 11 is 0. The number of hydrogen-bond acceptors (Lipinski definition) is 3. The Balaban J connectivity index is 2.07. The number of rotatable bonds is 7. The number of halogens is 4. The van der Waals surface area contributed by atoms with Crippen molar-refractivity contribution >= 4 is 16.8 Å². The summed E-state index contributed by atoms with van der Waals surface area (Å²) in [5.41, 5.74) is 1.77. The third kappa shape index (κ3) is 4.55. The normalized spacial score (nSPS) is 15.3. The number of aromatic nitrogens is 1. The lowest BCUT2D eigenvalue weighted by molar-refractivity contribution is -0.274. The van der Waals surface area contributed by atoms with E-state index in [-0.39, 0.29) is 22.6 Å². The van der Waals surface area contributed by atoms with Gasteiger partial charge in [0.05, 0.1) is 7.11 Å². The molecule has 33 heavy (non-hydrogen) atoms. The lowest BCUT2D eigenvalue weighted by Gasteiger charge is -2.41. The molecule has 1 aromatic heterocycles. The van der Waals surface area contributed by atoms with Crippen molar-refractivity contribution in [3.8, 4) is 5.75 Å². The van der Waals surface area contributed by atoms with Crippen molar-refractivity contribution in [3.05, 3.63) is 65.1 Å². The maximum absolute atomic E-state index is 14.3. The smallest absolute Gasteiger partial charge is 0.417 e. The lowest BCUT2D eigenvalue weighted by atomic mass is 9.70. The number of fused-ring (bicyclic) bond motifs is 1. The molecule has 2 unspecified atom stereocenters. The van der Waals surface area contributed by atoms with Gasteiger partial charge in [-0.25, -0.2) is 4.39 Å². The van der Waals surface area contributed by atoms with Crippen LogP contribution in [-0.4, -0.2) is 34.9 Å². The molecule has 0 bridgehead atoms. The number of carbonyl (C=O) groups excluding carboxylic acids is 1. The fourth-order valence-corrected chi connectivity index (χ4v) is 4.27. The number of amides is 1. The molecule has 178 valence electrons. The number of ether oxygens (including phenoxy) is 1. The van der Waals surface area contributed by atoms with Gasteiger partial charge in [-0.15, -0.1) is 0 Å². The van der Waals surface area contributed by atoms with E-state index in [1.807, 2.05) is 0 Å². The second-order valence-corrected chi connectivity index (χ2v) is 8.94. The number of nitrogens with one attached hydrogen (secondary N) is 1. The molecule has 2 atom stereocenters. The second kappa shape index (κ2) is 8.37. The van der Waals surface area contributed by atoms with E-state index in [1.165, 1.54) is 52.1 Å². The van der Waals surface area contributed by atoms with E-state index in [2.05, 4.69) is 4.98 Å². The molecular weight excluding hydrogens is 440 g/mol. The summed E-state index contributed by atoms with van der Waals surface area (Å²) in [5, 5.41) is 11.7. The Morgan fingerprint density at radius 2 is 1.82 bits per heavy atom. The molecule has 1 amide bonds. The van der Waals surface area contributed by atoms with Gasteiger partial charge in [0.25, 0.3) is 0 Å². The van der Waals surface area contributed by atoms with Gasteiger partial charge in [-0.1, -0.05) is 26.8 Å². The highest BCUT2D eigenvalue weighted by Gasteiger charge is 2.59. The molecule has 1 heterocycles. The van der Waals surface area contributed by atoms with Crippen LogP contribution in [0.4, 0.5) is 17.6 Å². The van der Waals surface area contributed by atoms with Gasteiger partial charge in [-0.05, 0) is 53.6 Å². The molecule has 5 nitrogen and oxygen atoms in total. The maximum atomic E-state index is 14.3. The first kappa shape index (κ1) is 24.6. The van der Waals surface area contributed by atoms with Crippen LogP contribution in [0.1, 0.15) is 54.7 Å². The summed E-state index contributed by atoms with van der Waals surface area (Å²) in [6.45, 7) is 4.27. The Morgan fingerprint density at radius 3 is 2.39 bits per heavy atom. The molecule has 9 heteroatoms. The molecule has 2 aromatic carbocycles. The molecule has 3 rings (SSSR count). The molecule has 0 aliphatic carbocycles. The molecule has 4 N–H and O–H groups in total. The number of alkyl halides is 3. The molecule has 3 aromatic rings. The van der Waals surface area contributed by atoms with Crippen molar-refractivity contribution in [1.82, 2.24) is 4.98 Å². The standard InChI is InChI=1S/C24H26F4N2O3/c1-13(18-9-14-5-6-15(21(29)31)10-19(14)30-18)23(32,24(26,27)28)12-22(2,3)17-11-16(25)7-8-20(17)33-4/h5-11,13,30,32H,12H2,1-4H3,(H2,29,31). The van der Waals surface area contributed by atoms with E-state index in [1.54, 1.807) is 6.07 Å². The average Bonchev–Trinajstić information content (AvgIpc) is 3.15. The zero-order valence-electron chi connectivity index (χ0n) is 18.7. The third-order valence-electron chi connectivity index (χ3n) is 6.20. The summed E-state index contributed by atoms with van der Waals surface area (Å²) in [6, 6.07) is 9.60. The molecule has 0 radical (unpaired) electrons. The number of aromatic amines is 1. The first-order chi connectivity index (χ1) is 15.2. The van der Waals surface area contributed by atoms with E-state index in [0.29, 0.717) is 10.9 Å². The Hall–Kier alpha value is -3.07. The van der Waals surface area contributed by atoms with Crippen LogP contribution < -0.4 is 10.5 Å². The van der Waals surface area contributed by atoms with Crippen LogP contribution in [-0.2, 0) is 5.41 Å². The summed E-state index contributed by atoms with van der Waals surface area (Å²) in [6.07, 6.45) is -5.76. The lowest BCUT2D eigenvalue weighted by Crippen LogP contribution is -2.52. The molecule has 0 saturated carbocycles. The van der Waals surface area contributed by atoms with E-state index in [4.69, 9.17) is 10.5 Å². The van der Waals surface area contributed by atoms with Crippen molar-refractivity contribution in [2.45, 2.75) is 50.3 Å². The van der Waals surface area contributed by atoms with E-state index in [9.17, 15) is 27.5 Å². The molecule has 0 aliphatic rings. The molecule has 0 spiro atoms. The van der Waals surface area contributed by atoms with E-state index in [0.717, 1.165) is 12.1 Å². The van der Waals surface area contributed by atoms with Gasteiger partial charge in [0.2, 0.25) is 5.91 Å². The van der Waals surface area contributed by atoms with Crippen LogP contribution in [0.5, 0.6) is 5.75 Å². The number of nitrogens with two attached hydrogens (primary N) is 1.